The van der Waals surface area contributed by atoms with Crippen molar-refractivity contribution in [3.8, 4) is 0 Å². The van der Waals surface area contributed by atoms with Crippen LogP contribution in [0.1, 0.15) is 26.7 Å². The van der Waals surface area contributed by atoms with Crippen LogP contribution in [0.25, 0.3) is 0 Å². The topological polar surface area (TPSA) is 38.4 Å². The van der Waals surface area contributed by atoms with E-state index in [9.17, 15) is 0 Å². The molecule has 0 amide bonds. The fraction of sp³-hybridized carbons (Fsp3) is 0.357. The molecule has 0 aliphatic carbocycles. The minimum atomic E-state index is 0.492. The molecule has 88 valence electrons. The lowest BCUT2D eigenvalue weighted by molar-refractivity contribution is 0.957. The Labute approximate surface area is 99.0 Å². The summed E-state index contributed by atoms with van der Waals surface area (Å²) in [5.41, 5.74) is 7.98. The standard InChI is InChI=1S/C14H22N2/c1-5-6-7-9-12(2)10-8-11-14(16-4)13(3)15/h7-11H,3,5-6,15H2,1-2,4H3/b9-7-,11-8+,12-10+,16-14?. The second-order valence-electron chi connectivity index (χ2n) is 3.59. The lowest BCUT2D eigenvalue weighted by Crippen LogP contribution is -2.06. The van der Waals surface area contributed by atoms with Crippen molar-refractivity contribution in [1.82, 2.24) is 0 Å². The Balaban J connectivity index is 4.35. The Kier molecular flexibility index (Phi) is 7.86. The molecule has 0 bridgehead atoms. The highest BCUT2D eigenvalue weighted by atomic mass is 14.7. The summed E-state index contributed by atoms with van der Waals surface area (Å²) in [4.78, 5) is 4.02. The molecule has 0 radical (unpaired) electrons. The van der Waals surface area contributed by atoms with Crippen molar-refractivity contribution in [2.45, 2.75) is 26.7 Å². The molecule has 0 fully saturated rings. The predicted octanol–water partition coefficient (Wildman–Crippen LogP) is 3.39. The van der Waals surface area contributed by atoms with Crippen molar-refractivity contribution >= 4 is 5.71 Å². The number of rotatable bonds is 6. The van der Waals surface area contributed by atoms with Gasteiger partial charge < -0.3 is 5.73 Å². The van der Waals surface area contributed by atoms with Crippen LogP contribution in [0, 0.1) is 0 Å². The fourth-order valence-electron chi connectivity index (χ4n) is 1.11. The maximum absolute atomic E-state index is 5.55. The smallest absolute Gasteiger partial charge is 0.0793 e. The monoisotopic (exact) mass is 218 g/mol. The van der Waals surface area contributed by atoms with Crippen LogP contribution in [-0.4, -0.2) is 12.8 Å². The molecule has 0 aromatic heterocycles. The molecule has 2 N–H and O–H groups in total. The maximum atomic E-state index is 5.55. The van der Waals surface area contributed by atoms with Crippen molar-refractivity contribution in [3.63, 3.8) is 0 Å². The van der Waals surface area contributed by atoms with Gasteiger partial charge in [0.05, 0.1) is 5.71 Å². The van der Waals surface area contributed by atoms with E-state index in [1.54, 1.807) is 7.05 Å². The molecule has 0 aromatic rings. The van der Waals surface area contributed by atoms with Gasteiger partial charge >= 0.3 is 0 Å². The number of nitrogens with zero attached hydrogens (tertiary/aromatic N) is 1. The van der Waals surface area contributed by atoms with Gasteiger partial charge in [-0.2, -0.15) is 0 Å². The van der Waals surface area contributed by atoms with Gasteiger partial charge in [-0.05, 0) is 19.4 Å². The largest absolute Gasteiger partial charge is 0.397 e. The van der Waals surface area contributed by atoms with Crippen molar-refractivity contribution in [3.05, 3.63) is 48.2 Å². The van der Waals surface area contributed by atoms with E-state index >= 15 is 0 Å². The average molecular weight is 218 g/mol. The van der Waals surface area contributed by atoms with Gasteiger partial charge in [-0.1, -0.05) is 49.8 Å². The van der Waals surface area contributed by atoms with E-state index in [1.165, 1.54) is 12.0 Å². The molecule has 0 heterocycles. The van der Waals surface area contributed by atoms with Gasteiger partial charge in [-0.3, -0.25) is 4.99 Å². The van der Waals surface area contributed by atoms with Crippen LogP contribution in [0.3, 0.4) is 0 Å². The van der Waals surface area contributed by atoms with Crippen LogP contribution in [0.15, 0.2) is 53.2 Å². The van der Waals surface area contributed by atoms with Gasteiger partial charge in [0.2, 0.25) is 0 Å². The summed E-state index contributed by atoms with van der Waals surface area (Å²) < 4.78 is 0. The summed E-state index contributed by atoms with van der Waals surface area (Å²) in [5, 5.41) is 0. The molecular weight excluding hydrogens is 196 g/mol. The van der Waals surface area contributed by atoms with Gasteiger partial charge in [-0.15, -0.1) is 0 Å². The minimum Gasteiger partial charge on any atom is -0.397 e. The molecule has 0 rings (SSSR count). The molecular formula is C14H22N2. The normalized spacial score (nSPS) is 13.9. The number of allylic oxidation sites excluding steroid dienone is 6. The number of unbranched alkanes of at least 4 members (excludes halogenated alkanes) is 1. The Morgan fingerprint density at radius 2 is 2.06 bits per heavy atom. The molecule has 0 unspecified atom stereocenters. The first-order chi connectivity index (χ1) is 7.61. The van der Waals surface area contributed by atoms with Crippen LogP contribution in [0.5, 0.6) is 0 Å². The molecule has 0 aliphatic heterocycles. The van der Waals surface area contributed by atoms with Crippen LogP contribution in [0.2, 0.25) is 0 Å². The van der Waals surface area contributed by atoms with Crippen molar-refractivity contribution < 1.29 is 0 Å². The lowest BCUT2D eigenvalue weighted by atomic mass is 10.2. The summed E-state index contributed by atoms with van der Waals surface area (Å²) in [7, 11) is 1.70. The molecule has 0 aromatic carbocycles. The van der Waals surface area contributed by atoms with Crippen LogP contribution in [-0.2, 0) is 0 Å². The minimum absolute atomic E-state index is 0.492. The SMILES string of the molecule is C=C(N)C(/C=C/C=C(C)/C=C\CCC)=NC. The molecule has 16 heavy (non-hydrogen) atoms. The van der Waals surface area contributed by atoms with E-state index < -0.39 is 0 Å². The van der Waals surface area contributed by atoms with Gasteiger partial charge in [0.1, 0.15) is 0 Å². The fourth-order valence-corrected chi connectivity index (χ4v) is 1.11. The van der Waals surface area contributed by atoms with E-state index in [0.717, 1.165) is 12.1 Å². The maximum Gasteiger partial charge on any atom is 0.0793 e. The van der Waals surface area contributed by atoms with E-state index in [1.807, 2.05) is 18.2 Å². The first-order valence-electron chi connectivity index (χ1n) is 5.54. The number of hydrogen-bond donors (Lipinski definition) is 1. The summed E-state index contributed by atoms with van der Waals surface area (Å²) >= 11 is 0. The first-order valence-corrected chi connectivity index (χ1v) is 5.54. The van der Waals surface area contributed by atoms with Gasteiger partial charge in [-0.25, -0.2) is 0 Å². The third-order valence-corrected chi connectivity index (χ3v) is 2.02. The Morgan fingerprint density at radius 1 is 1.38 bits per heavy atom. The zero-order valence-corrected chi connectivity index (χ0v) is 10.5. The van der Waals surface area contributed by atoms with Crippen molar-refractivity contribution in [2.75, 3.05) is 7.05 Å². The van der Waals surface area contributed by atoms with E-state index in [0.29, 0.717) is 5.70 Å². The van der Waals surface area contributed by atoms with Crippen LogP contribution in [0.4, 0.5) is 0 Å². The third-order valence-electron chi connectivity index (χ3n) is 2.02. The Morgan fingerprint density at radius 3 is 2.56 bits per heavy atom. The lowest BCUT2D eigenvalue weighted by Gasteiger charge is -1.96. The number of aliphatic imine (C=N–C) groups is 1. The van der Waals surface area contributed by atoms with Crippen LogP contribution >= 0.6 is 0 Å². The predicted molar refractivity (Wildman–Crippen MR) is 73.6 cm³/mol. The van der Waals surface area contributed by atoms with E-state index in [4.69, 9.17) is 5.73 Å². The van der Waals surface area contributed by atoms with Gasteiger partial charge in [0, 0.05) is 12.7 Å². The highest BCUT2D eigenvalue weighted by Gasteiger charge is 1.91. The molecule has 0 aliphatic rings. The molecule has 2 nitrogen and oxygen atoms in total. The summed E-state index contributed by atoms with van der Waals surface area (Å²) in [6.07, 6.45) is 12.4. The Bertz CT molecular complexity index is 331. The molecule has 0 saturated carbocycles. The van der Waals surface area contributed by atoms with Crippen molar-refractivity contribution in [1.29, 1.82) is 0 Å². The average Bonchev–Trinajstić information content (AvgIpc) is 2.24. The van der Waals surface area contributed by atoms with Gasteiger partial charge in [0.25, 0.3) is 0 Å². The summed E-state index contributed by atoms with van der Waals surface area (Å²) in [5.74, 6) is 0. The zero-order valence-electron chi connectivity index (χ0n) is 10.5. The highest BCUT2D eigenvalue weighted by Crippen LogP contribution is 1.99. The molecule has 0 spiro atoms. The van der Waals surface area contributed by atoms with Gasteiger partial charge in [0.15, 0.2) is 0 Å². The van der Waals surface area contributed by atoms with Crippen LogP contribution < -0.4 is 5.73 Å². The molecule has 0 atom stereocenters. The summed E-state index contributed by atoms with van der Waals surface area (Å²) in [6, 6.07) is 0. The molecule has 2 heteroatoms. The highest BCUT2D eigenvalue weighted by molar-refractivity contribution is 6.07. The number of nitrogens with two attached hydrogens (primary N) is 1. The molecule has 0 saturated heterocycles. The number of hydrogen-bond acceptors (Lipinski definition) is 2. The zero-order chi connectivity index (χ0) is 12.4. The quantitative estimate of drug-likeness (QED) is 0.538. The third kappa shape index (κ3) is 6.82. The Hall–Kier alpha value is -1.57. The second kappa shape index (κ2) is 8.72. The van der Waals surface area contributed by atoms with Crippen molar-refractivity contribution in [2.24, 2.45) is 10.7 Å². The first kappa shape index (κ1) is 14.4. The van der Waals surface area contributed by atoms with E-state index in [-0.39, 0.29) is 0 Å². The van der Waals surface area contributed by atoms with E-state index in [2.05, 4.69) is 37.6 Å². The second-order valence-corrected chi connectivity index (χ2v) is 3.59. The summed E-state index contributed by atoms with van der Waals surface area (Å²) in [6.45, 7) is 7.88.